The van der Waals surface area contributed by atoms with Crippen LogP contribution >= 0.6 is 0 Å². The van der Waals surface area contributed by atoms with Crippen molar-refractivity contribution in [2.45, 2.75) is 6.92 Å². The van der Waals surface area contributed by atoms with Gasteiger partial charge in [-0.2, -0.15) is 0 Å². The fraction of sp³-hybridized carbons (Fsp3) is 0.280. The van der Waals surface area contributed by atoms with E-state index in [0.717, 1.165) is 5.56 Å². The molecule has 0 heterocycles. The van der Waals surface area contributed by atoms with Crippen LogP contribution in [0.15, 0.2) is 66.7 Å². The Hall–Kier alpha value is -2.96. The van der Waals surface area contributed by atoms with Gasteiger partial charge in [0.15, 0.2) is 11.6 Å². The molecule has 2 aromatic carbocycles. The molecule has 28 heavy (non-hydrogen) atoms. The number of rotatable bonds is 3. The summed E-state index contributed by atoms with van der Waals surface area (Å²) < 4.78 is 5.76. The van der Waals surface area contributed by atoms with E-state index in [-0.39, 0.29) is 35.2 Å². The predicted molar refractivity (Wildman–Crippen MR) is 108 cm³/mol. The van der Waals surface area contributed by atoms with Gasteiger partial charge in [0, 0.05) is 34.4 Å². The Morgan fingerprint density at radius 3 is 2.21 bits per heavy atom. The van der Waals surface area contributed by atoms with Crippen molar-refractivity contribution in [3.8, 4) is 11.8 Å². The lowest BCUT2D eigenvalue weighted by Gasteiger charge is -2.39. The first-order valence-corrected chi connectivity index (χ1v) is 9.64. The molecule has 0 spiro atoms. The zero-order valence-corrected chi connectivity index (χ0v) is 15.8. The van der Waals surface area contributed by atoms with E-state index < -0.39 is 0 Å². The molecule has 2 aliphatic carbocycles. The molecule has 0 radical (unpaired) electrons. The van der Waals surface area contributed by atoms with Crippen molar-refractivity contribution in [3.63, 3.8) is 0 Å². The van der Waals surface area contributed by atoms with Gasteiger partial charge < -0.3 is 4.74 Å². The van der Waals surface area contributed by atoms with Crippen LogP contribution in [0.4, 0.5) is 0 Å². The van der Waals surface area contributed by atoms with E-state index in [9.17, 15) is 9.59 Å². The van der Waals surface area contributed by atoms with Crippen LogP contribution in [0.1, 0.15) is 33.2 Å². The Labute approximate surface area is 165 Å². The Morgan fingerprint density at radius 2 is 1.50 bits per heavy atom. The fourth-order valence-corrected chi connectivity index (χ4v) is 4.25. The summed E-state index contributed by atoms with van der Waals surface area (Å²) in [5, 5.41) is 0. The van der Waals surface area contributed by atoms with Crippen molar-refractivity contribution < 1.29 is 14.3 Å². The molecule has 4 rings (SSSR count). The monoisotopic (exact) mass is 370 g/mol. The van der Waals surface area contributed by atoms with Crippen molar-refractivity contribution in [1.29, 1.82) is 0 Å². The zero-order valence-electron chi connectivity index (χ0n) is 15.8. The van der Waals surface area contributed by atoms with E-state index in [1.54, 1.807) is 12.1 Å². The molecule has 3 heteroatoms. The third-order valence-corrected chi connectivity index (χ3v) is 5.63. The Kier molecular flexibility index (Phi) is 5.23. The second-order valence-corrected chi connectivity index (χ2v) is 7.42. The molecule has 0 aromatic heterocycles. The van der Waals surface area contributed by atoms with Crippen LogP contribution in [0.2, 0.25) is 0 Å². The number of fused-ring (bicyclic) bond motifs is 2. The quantitative estimate of drug-likeness (QED) is 0.462. The molecule has 0 N–H and O–H groups in total. The molecule has 0 fully saturated rings. The lowest BCUT2D eigenvalue weighted by Crippen LogP contribution is -2.46. The first-order chi connectivity index (χ1) is 13.7. The van der Waals surface area contributed by atoms with Gasteiger partial charge in [-0.25, -0.2) is 0 Å². The lowest BCUT2D eigenvalue weighted by atomic mass is 9.62. The summed E-state index contributed by atoms with van der Waals surface area (Å²) in [6.07, 6.45) is 4.08. The number of Topliss-reactive ketones (excluding diaryl/α,β-unsaturated/α-hetero) is 2. The summed E-state index contributed by atoms with van der Waals surface area (Å²) in [5.41, 5.74) is 2.05. The van der Waals surface area contributed by atoms with Crippen molar-refractivity contribution in [3.05, 3.63) is 83.4 Å². The standard InChI is InChI=1S/C25H22O3/c1-17-13-14-19(16-28-15-7-10-18-8-3-2-4-9-18)23-22(17)24(26)20-11-5-6-12-21(20)25(23)27/h2-6,8-9,11-14,17,19,22-23H,15-16H2,1H3. The summed E-state index contributed by atoms with van der Waals surface area (Å²) in [6.45, 7) is 2.69. The van der Waals surface area contributed by atoms with Crippen molar-refractivity contribution in [2.24, 2.45) is 23.7 Å². The van der Waals surface area contributed by atoms with Gasteiger partial charge in [-0.3, -0.25) is 9.59 Å². The highest BCUT2D eigenvalue weighted by molar-refractivity contribution is 6.16. The largest absolute Gasteiger partial charge is 0.368 e. The molecule has 4 atom stereocenters. The normalized spacial score (nSPS) is 25.5. The zero-order chi connectivity index (χ0) is 19.5. The van der Waals surface area contributed by atoms with E-state index in [1.165, 1.54) is 0 Å². The van der Waals surface area contributed by atoms with Crippen LogP contribution in [0.25, 0.3) is 0 Å². The van der Waals surface area contributed by atoms with Gasteiger partial charge in [0.2, 0.25) is 0 Å². The average molecular weight is 370 g/mol. The van der Waals surface area contributed by atoms with E-state index in [2.05, 4.69) is 11.8 Å². The van der Waals surface area contributed by atoms with E-state index in [4.69, 9.17) is 4.74 Å². The van der Waals surface area contributed by atoms with Crippen LogP contribution in [-0.4, -0.2) is 24.8 Å². The van der Waals surface area contributed by atoms with E-state index in [0.29, 0.717) is 24.3 Å². The molecule has 2 aliphatic rings. The molecule has 0 saturated heterocycles. The number of carbonyl (C=O) groups is 2. The average Bonchev–Trinajstić information content (AvgIpc) is 2.73. The molecule has 3 nitrogen and oxygen atoms in total. The summed E-state index contributed by atoms with van der Waals surface area (Å²) in [5.74, 6) is 5.47. The third kappa shape index (κ3) is 3.44. The van der Waals surface area contributed by atoms with Crippen LogP contribution in [0, 0.1) is 35.5 Å². The van der Waals surface area contributed by atoms with E-state index in [1.807, 2.05) is 61.5 Å². The SMILES string of the molecule is CC1C=CC(COCC#Cc2ccccc2)C2C(=O)c3ccccc3C(=O)C12. The highest BCUT2D eigenvalue weighted by Crippen LogP contribution is 2.42. The van der Waals surface area contributed by atoms with E-state index >= 15 is 0 Å². The Morgan fingerprint density at radius 1 is 0.857 bits per heavy atom. The second-order valence-electron chi connectivity index (χ2n) is 7.42. The minimum atomic E-state index is -0.357. The number of hydrogen-bond acceptors (Lipinski definition) is 3. The topological polar surface area (TPSA) is 43.4 Å². The molecule has 0 amide bonds. The number of carbonyl (C=O) groups excluding carboxylic acids is 2. The number of hydrogen-bond donors (Lipinski definition) is 0. The third-order valence-electron chi connectivity index (χ3n) is 5.63. The highest BCUT2D eigenvalue weighted by atomic mass is 16.5. The number of ketones is 2. The summed E-state index contributed by atoms with van der Waals surface area (Å²) in [6, 6.07) is 16.9. The smallest absolute Gasteiger partial charge is 0.168 e. The fourth-order valence-electron chi connectivity index (χ4n) is 4.25. The first-order valence-electron chi connectivity index (χ1n) is 9.64. The van der Waals surface area contributed by atoms with Crippen molar-refractivity contribution in [1.82, 2.24) is 0 Å². The Balaban J connectivity index is 1.48. The first kappa shape index (κ1) is 18.4. The van der Waals surface area contributed by atoms with Crippen LogP contribution in [0.5, 0.6) is 0 Å². The predicted octanol–water partition coefficient (Wildman–Crippen LogP) is 4.19. The summed E-state index contributed by atoms with van der Waals surface area (Å²) >= 11 is 0. The minimum absolute atomic E-state index is 0.0453. The lowest BCUT2D eigenvalue weighted by molar-refractivity contribution is 0.0505. The molecule has 2 aromatic rings. The van der Waals surface area contributed by atoms with Crippen molar-refractivity contribution in [2.75, 3.05) is 13.2 Å². The summed E-state index contributed by atoms with van der Waals surface area (Å²) in [7, 11) is 0. The van der Waals surface area contributed by atoms with Crippen LogP contribution in [0.3, 0.4) is 0 Å². The summed E-state index contributed by atoms with van der Waals surface area (Å²) in [4.78, 5) is 26.2. The van der Waals surface area contributed by atoms with Crippen LogP contribution < -0.4 is 0 Å². The van der Waals surface area contributed by atoms with Gasteiger partial charge in [-0.1, -0.05) is 73.4 Å². The maximum absolute atomic E-state index is 13.2. The molecule has 0 bridgehead atoms. The molecule has 0 aliphatic heterocycles. The molecule has 4 unspecified atom stereocenters. The van der Waals surface area contributed by atoms with Gasteiger partial charge in [0.25, 0.3) is 0 Å². The van der Waals surface area contributed by atoms with Gasteiger partial charge in [-0.05, 0) is 18.1 Å². The molecular formula is C25H22O3. The maximum Gasteiger partial charge on any atom is 0.168 e. The molecule has 0 saturated carbocycles. The van der Waals surface area contributed by atoms with Crippen molar-refractivity contribution >= 4 is 11.6 Å². The second kappa shape index (κ2) is 7.96. The van der Waals surface area contributed by atoms with Gasteiger partial charge >= 0.3 is 0 Å². The molecular weight excluding hydrogens is 348 g/mol. The number of benzene rings is 2. The minimum Gasteiger partial charge on any atom is -0.368 e. The number of ether oxygens (including phenoxy) is 1. The molecule has 140 valence electrons. The highest BCUT2D eigenvalue weighted by Gasteiger charge is 2.47. The number of allylic oxidation sites excluding steroid dienone is 1. The van der Waals surface area contributed by atoms with Gasteiger partial charge in [-0.15, -0.1) is 0 Å². The Bertz CT molecular complexity index is 978. The van der Waals surface area contributed by atoms with Gasteiger partial charge in [0.1, 0.15) is 6.61 Å². The van der Waals surface area contributed by atoms with Crippen LogP contribution in [-0.2, 0) is 4.74 Å². The maximum atomic E-state index is 13.2. The van der Waals surface area contributed by atoms with Gasteiger partial charge in [0.05, 0.1) is 6.61 Å².